The highest BCUT2D eigenvalue weighted by Crippen LogP contribution is 2.11. The number of aromatic nitrogens is 2. The maximum absolute atomic E-state index is 11.8. The van der Waals surface area contributed by atoms with Gasteiger partial charge in [0.1, 0.15) is 6.04 Å². The molecule has 2 aromatic rings. The molecule has 1 amide bonds. The largest absolute Gasteiger partial charge is 0.347 e. The smallest absolute Gasteiger partial charge is 0.241 e. The van der Waals surface area contributed by atoms with Gasteiger partial charge >= 0.3 is 0 Å². The van der Waals surface area contributed by atoms with Crippen molar-refractivity contribution in [1.82, 2.24) is 15.5 Å². The van der Waals surface area contributed by atoms with E-state index in [4.69, 9.17) is 5.73 Å². The summed E-state index contributed by atoms with van der Waals surface area (Å²) in [5.41, 5.74) is 7.74. The molecule has 0 aliphatic rings. The minimum atomic E-state index is -0.697. The van der Waals surface area contributed by atoms with Gasteiger partial charge in [-0.1, -0.05) is 35.0 Å². The molecule has 2 rings (SSSR count). The summed E-state index contributed by atoms with van der Waals surface area (Å²) in [6, 6.07) is 6.82. The summed E-state index contributed by atoms with van der Waals surface area (Å²) >= 11 is 0. The molecule has 0 spiro atoms. The molecule has 1 unspecified atom stereocenters. The average Bonchev–Trinajstić information content (AvgIpc) is 2.89. The van der Waals surface area contributed by atoms with E-state index >= 15 is 0 Å². The Morgan fingerprint density at radius 1 is 1.44 bits per heavy atom. The number of nitrogens with two attached hydrogens (primary N) is 1. The van der Waals surface area contributed by atoms with Crippen LogP contribution in [0.25, 0.3) is 0 Å². The Morgan fingerprint density at radius 3 is 2.78 bits per heavy atom. The van der Waals surface area contributed by atoms with Crippen molar-refractivity contribution in [2.24, 2.45) is 5.73 Å². The predicted molar refractivity (Wildman–Crippen MR) is 64.3 cm³/mol. The van der Waals surface area contributed by atoms with Crippen molar-refractivity contribution in [3.8, 4) is 0 Å². The zero-order valence-electron chi connectivity index (χ0n) is 9.96. The summed E-state index contributed by atoms with van der Waals surface area (Å²) in [7, 11) is 0. The number of carbonyl (C=O) groups is 1. The Labute approximate surface area is 104 Å². The summed E-state index contributed by atoms with van der Waals surface area (Å²) in [6.45, 7) is 2.18. The number of hydrogen-bond acceptors (Lipinski definition) is 5. The van der Waals surface area contributed by atoms with Gasteiger partial charge in [0.2, 0.25) is 12.3 Å². The lowest BCUT2D eigenvalue weighted by molar-refractivity contribution is -0.122. The molecule has 0 aliphatic heterocycles. The van der Waals surface area contributed by atoms with Crippen molar-refractivity contribution >= 4 is 5.91 Å². The van der Waals surface area contributed by atoms with E-state index in [1.165, 1.54) is 6.39 Å². The number of rotatable bonds is 4. The first-order valence-corrected chi connectivity index (χ1v) is 5.52. The summed E-state index contributed by atoms with van der Waals surface area (Å²) < 4.78 is 4.56. The topological polar surface area (TPSA) is 94.0 Å². The van der Waals surface area contributed by atoms with Crippen LogP contribution in [0.3, 0.4) is 0 Å². The minimum Gasteiger partial charge on any atom is -0.347 e. The Bertz CT molecular complexity index is 507. The van der Waals surface area contributed by atoms with Crippen LogP contribution in [0.15, 0.2) is 35.2 Å². The third-order valence-electron chi connectivity index (χ3n) is 2.55. The van der Waals surface area contributed by atoms with E-state index in [-0.39, 0.29) is 12.5 Å². The van der Waals surface area contributed by atoms with Crippen molar-refractivity contribution in [2.75, 3.05) is 0 Å². The number of amides is 1. The molecule has 0 fully saturated rings. The van der Waals surface area contributed by atoms with E-state index in [1.54, 1.807) is 0 Å². The molecule has 0 radical (unpaired) electrons. The van der Waals surface area contributed by atoms with Crippen LogP contribution in [-0.2, 0) is 11.3 Å². The molecule has 0 saturated carbocycles. The highest BCUT2D eigenvalue weighted by molar-refractivity contribution is 5.82. The van der Waals surface area contributed by atoms with Crippen molar-refractivity contribution < 1.29 is 9.32 Å². The molecule has 0 saturated heterocycles. The molecule has 0 bridgehead atoms. The third kappa shape index (κ3) is 2.92. The second-order valence-corrected chi connectivity index (χ2v) is 3.95. The first kappa shape index (κ1) is 12.3. The van der Waals surface area contributed by atoms with Crippen LogP contribution in [0.4, 0.5) is 0 Å². The first-order valence-electron chi connectivity index (χ1n) is 5.52. The summed E-state index contributed by atoms with van der Waals surface area (Å²) in [5.74, 6) is 0.142. The van der Waals surface area contributed by atoms with Crippen LogP contribution < -0.4 is 11.1 Å². The second kappa shape index (κ2) is 5.42. The Balaban J connectivity index is 1.94. The number of nitrogens with zero attached hydrogens (tertiary/aromatic N) is 2. The van der Waals surface area contributed by atoms with Gasteiger partial charge in [-0.25, -0.2) is 0 Å². The Kier molecular flexibility index (Phi) is 3.69. The number of hydrogen-bond donors (Lipinski definition) is 2. The van der Waals surface area contributed by atoms with Crippen molar-refractivity contribution in [1.29, 1.82) is 0 Å². The quantitative estimate of drug-likeness (QED) is 0.827. The highest BCUT2D eigenvalue weighted by Gasteiger charge is 2.15. The van der Waals surface area contributed by atoms with Crippen LogP contribution >= 0.6 is 0 Å². The van der Waals surface area contributed by atoms with Gasteiger partial charge in [0.05, 0.1) is 6.54 Å². The Hall–Kier alpha value is -2.21. The van der Waals surface area contributed by atoms with Crippen LogP contribution in [0, 0.1) is 6.92 Å². The standard InChI is InChI=1S/C12H14N4O2/c1-8-2-4-9(5-3-8)11(13)12(17)14-6-10-15-7-18-16-10/h2-5,7,11H,6,13H2,1H3,(H,14,17). The number of carbonyl (C=O) groups excluding carboxylic acids is 1. The maximum atomic E-state index is 11.8. The van der Waals surface area contributed by atoms with Gasteiger partial charge in [-0.3, -0.25) is 4.79 Å². The lowest BCUT2D eigenvalue weighted by atomic mass is 10.1. The van der Waals surface area contributed by atoms with Crippen LogP contribution in [0.5, 0.6) is 0 Å². The molecule has 3 N–H and O–H groups in total. The molecule has 6 heteroatoms. The highest BCUT2D eigenvalue weighted by atomic mass is 16.5. The normalized spacial score (nSPS) is 12.1. The van der Waals surface area contributed by atoms with Crippen LogP contribution in [0.2, 0.25) is 0 Å². The van der Waals surface area contributed by atoms with Crippen LogP contribution in [-0.4, -0.2) is 16.0 Å². The first-order chi connectivity index (χ1) is 8.66. The van der Waals surface area contributed by atoms with Gasteiger partial charge in [0, 0.05) is 0 Å². The third-order valence-corrected chi connectivity index (χ3v) is 2.55. The lowest BCUT2D eigenvalue weighted by Gasteiger charge is -2.11. The monoisotopic (exact) mass is 246 g/mol. The number of benzene rings is 1. The molecule has 6 nitrogen and oxygen atoms in total. The molecular formula is C12H14N4O2. The van der Waals surface area contributed by atoms with E-state index in [1.807, 2.05) is 31.2 Å². The number of aryl methyl sites for hydroxylation is 1. The molecule has 1 atom stereocenters. The van der Waals surface area contributed by atoms with Gasteiger partial charge < -0.3 is 15.6 Å². The van der Waals surface area contributed by atoms with Crippen molar-refractivity contribution in [3.05, 3.63) is 47.6 Å². The summed E-state index contributed by atoms with van der Waals surface area (Å²) in [5, 5.41) is 6.24. The molecular weight excluding hydrogens is 232 g/mol. The fraction of sp³-hybridized carbons (Fsp3) is 0.250. The van der Waals surface area contributed by atoms with Crippen molar-refractivity contribution in [3.63, 3.8) is 0 Å². The van der Waals surface area contributed by atoms with Crippen LogP contribution in [0.1, 0.15) is 23.0 Å². The predicted octanol–water partition coefficient (Wildman–Crippen LogP) is 0.694. The van der Waals surface area contributed by atoms with Gasteiger partial charge in [0.25, 0.3) is 0 Å². The lowest BCUT2D eigenvalue weighted by Crippen LogP contribution is -2.33. The van der Waals surface area contributed by atoms with E-state index in [0.717, 1.165) is 11.1 Å². The van der Waals surface area contributed by atoms with Gasteiger partial charge in [0.15, 0.2) is 5.82 Å². The minimum absolute atomic E-state index is 0.203. The fourth-order valence-corrected chi connectivity index (χ4v) is 1.47. The number of nitrogens with one attached hydrogen (secondary N) is 1. The summed E-state index contributed by atoms with van der Waals surface area (Å²) in [4.78, 5) is 15.6. The maximum Gasteiger partial charge on any atom is 0.241 e. The van der Waals surface area contributed by atoms with E-state index in [2.05, 4.69) is 20.0 Å². The zero-order chi connectivity index (χ0) is 13.0. The van der Waals surface area contributed by atoms with Crippen molar-refractivity contribution in [2.45, 2.75) is 19.5 Å². The molecule has 0 aliphatic carbocycles. The van der Waals surface area contributed by atoms with Gasteiger partial charge in [-0.15, -0.1) is 0 Å². The molecule has 1 heterocycles. The average molecular weight is 246 g/mol. The molecule has 1 aromatic heterocycles. The van der Waals surface area contributed by atoms with E-state index in [0.29, 0.717) is 5.82 Å². The molecule has 18 heavy (non-hydrogen) atoms. The SMILES string of the molecule is Cc1ccc(C(N)C(=O)NCc2ncon2)cc1. The van der Waals surface area contributed by atoms with Gasteiger partial charge in [-0.2, -0.15) is 4.98 Å². The Morgan fingerprint density at radius 2 is 2.17 bits per heavy atom. The zero-order valence-corrected chi connectivity index (χ0v) is 9.96. The van der Waals surface area contributed by atoms with Gasteiger partial charge in [-0.05, 0) is 12.5 Å². The fourth-order valence-electron chi connectivity index (χ4n) is 1.47. The second-order valence-electron chi connectivity index (χ2n) is 3.95. The molecule has 1 aromatic carbocycles. The van der Waals surface area contributed by atoms with E-state index in [9.17, 15) is 4.79 Å². The van der Waals surface area contributed by atoms with E-state index < -0.39 is 6.04 Å². The summed E-state index contributed by atoms with van der Waals surface area (Å²) in [6.07, 6.45) is 1.21. The molecule has 94 valence electrons.